The van der Waals surface area contributed by atoms with Gasteiger partial charge in [0.2, 0.25) is 0 Å². The second-order valence-electron chi connectivity index (χ2n) is 6.86. The summed E-state index contributed by atoms with van der Waals surface area (Å²) in [7, 11) is 0. The molecule has 0 radical (unpaired) electrons. The third-order valence-electron chi connectivity index (χ3n) is 5.00. The van der Waals surface area contributed by atoms with E-state index < -0.39 is 0 Å². The molecule has 4 aromatic rings. The third kappa shape index (κ3) is 3.85. The highest BCUT2D eigenvalue weighted by atomic mass is 16.5. The van der Waals surface area contributed by atoms with Crippen LogP contribution in [0.15, 0.2) is 73.2 Å². The van der Waals surface area contributed by atoms with Gasteiger partial charge in [0, 0.05) is 35.5 Å². The van der Waals surface area contributed by atoms with E-state index in [4.69, 9.17) is 4.74 Å². The number of aromatic hydroxyl groups is 2. The van der Waals surface area contributed by atoms with Crippen LogP contribution in [0.3, 0.4) is 0 Å². The third-order valence-corrected chi connectivity index (χ3v) is 5.00. The molecule has 0 amide bonds. The molecule has 1 unspecified atom stereocenters. The van der Waals surface area contributed by atoms with E-state index >= 15 is 0 Å². The Balaban J connectivity index is 1.85. The van der Waals surface area contributed by atoms with Crippen LogP contribution in [0.25, 0.3) is 10.9 Å². The van der Waals surface area contributed by atoms with Crippen LogP contribution >= 0.6 is 0 Å². The van der Waals surface area contributed by atoms with Crippen molar-refractivity contribution in [2.45, 2.75) is 19.3 Å². The van der Waals surface area contributed by atoms with E-state index in [-0.39, 0.29) is 17.4 Å². The summed E-state index contributed by atoms with van der Waals surface area (Å²) < 4.78 is 5.58. The summed E-state index contributed by atoms with van der Waals surface area (Å²) in [6.45, 7) is 2.33. The van der Waals surface area contributed by atoms with Gasteiger partial charge < -0.3 is 14.9 Å². The normalized spacial score (nSPS) is 12.0. The Bertz CT molecular complexity index is 1130. The minimum absolute atomic E-state index is 0.0973. The molecule has 0 bridgehead atoms. The highest BCUT2D eigenvalue weighted by molar-refractivity contribution is 5.85. The van der Waals surface area contributed by atoms with Crippen molar-refractivity contribution in [3.63, 3.8) is 0 Å². The fourth-order valence-corrected chi connectivity index (χ4v) is 3.61. The number of hydrogen-bond donors (Lipinski definition) is 2. The van der Waals surface area contributed by atoms with Gasteiger partial charge >= 0.3 is 0 Å². The zero-order valence-corrected chi connectivity index (χ0v) is 16.1. The number of rotatable bonds is 6. The van der Waals surface area contributed by atoms with Crippen molar-refractivity contribution in [1.29, 1.82) is 0 Å². The van der Waals surface area contributed by atoms with Crippen molar-refractivity contribution >= 4 is 10.9 Å². The molecule has 2 aromatic carbocycles. The molecule has 2 heterocycles. The molecule has 5 heteroatoms. The quantitative estimate of drug-likeness (QED) is 0.497. The number of phenols is 2. The first-order chi connectivity index (χ1) is 14.2. The highest BCUT2D eigenvalue weighted by Crippen LogP contribution is 2.40. The summed E-state index contributed by atoms with van der Waals surface area (Å²) >= 11 is 0. The Morgan fingerprint density at radius 3 is 2.66 bits per heavy atom. The number of phenolic OH excluding ortho intramolecular Hbond substituents is 2. The van der Waals surface area contributed by atoms with Crippen LogP contribution in [0.1, 0.15) is 29.5 Å². The van der Waals surface area contributed by atoms with E-state index in [1.807, 2.05) is 61.7 Å². The van der Waals surface area contributed by atoms with E-state index in [0.29, 0.717) is 24.3 Å². The van der Waals surface area contributed by atoms with Gasteiger partial charge in [-0.25, -0.2) is 0 Å². The fourth-order valence-electron chi connectivity index (χ4n) is 3.61. The summed E-state index contributed by atoms with van der Waals surface area (Å²) in [5, 5.41) is 22.0. The molecule has 5 nitrogen and oxygen atoms in total. The van der Waals surface area contributed by atoms with Gasteiger partial charge in [-0.15, -0.1) is 0 Å². The summed E-state index contributed by atoms with van der Waals surface area (Å²) in [6.07, 6.45) is 5.88. The van der Waals surface area contributed by atoms with E-state index in [2.05, 4.69) is 9.97 Å². The lowest BCUT2D eigenvalue weighted by Gasteiger charge is -2.21. The van der Waals surface area contributed by atoms with Gasteiger partial charge in [-0.2, -0.15) is 0 Å². The molecule has 29 heavy (non-hydrogen) atoms. The average Bonchev–Trinajstić information content (AvgIpc) is 2.75. The van der Waals surface area contributed by atoms with Crippen molar-refractivity contribution in [2.24, 2.45) is 0 Å². The van der Waals surface area contributed by atoms with E-state index in [1.54, 1.807) is 18.5 Å². The predicted octanol–water partition coefficient (Wildman–Crippen LogP) is 4.81. The van der Waals surface area contributed by atoms with Crippen molar-refractivity contribution in [3.05, 3.63) is 89.9 Å². The number of aromatic nitrogens is 2. The fraction of sp³-hybridized carbons (Fsp3) is 0.167. The van der Waals surface area contributed by atoms with E-state index in [0.717, 1.165) is 22.1 Å². The lowest BCUT2D eigenvalue weighted by atomic mass is 9.85. The molecule has 4 rings (SSSR count). The van der Waals surface area contributed by atoms with Crippen LogP contribution in [0, 0.1) is 0 Å². The minimum atomic E-state index is -0.162. The zero-order valence-electron chi connectivity index (χ0n) is 16.1. The van der Waals surface area contributed by atoms with Crippen LogP contribution in [0.4, 0.5) is 0 Å². The van der Waals surface area contributed by atoms with E-state index in [9.17, 15) is 10.2 Å². The molecule has 2 aromatic heterocycles. The van der Waals surface area contributed by atoms with Crippen LogP contribution in [-0.2, 0) is 6.42 Å². The molecular formula is C24H22N2O3. The standard InChI is InChI=1S/C24H22N2O3/c1-2-29-22-14-18(8-10-21(22)27)20(13-16-5-3-11-25-15-16)19-9-7-17-6-4-12-26-23(17)24(19)28/h3-12,14-15,20,27-28H,2,13H2,1H3. The summed E-state index contributed by atoms with van der Waals surface area (Å²) in [4.78, 5) is 8.58. The number of benzene rings is 2. The first-order valence-corrected chi connectivity index (χ1v) is 9.58. The molecular weight excluding hydrogens is 364 g/mol. The Hall–Kier alpha value is -3.60. The molecule has 0 saturated carbocycles. The molecule has 0 aliphatic rings. The van der Waals surface area contributed by atoms with Gasteiger partial charge in [-0.05, 0) is 48.7 Å². The van der Waals surface area contributed by atoms with Crippen molar-refractivity contribution in [3.8, 4) is 17.2 Å². The molecule has 1 atom stereocenters. The second kappa shape index (κ2) is 8.19. The van der Waals surface area contributed by atoms with E-state index in [1.165, 1.54) is 0 Å². The molecule has 146 valence electrons. The SMILES string of the molecule is CCOc1cc(C(Cc2cccnc2)c2ccc3cccnc3c2O)ccc1O. The first kappa shape index (κ1) is 18.7. The van der Waals surface area contributed by atoms with Crippen molar-refractivity contribution in [2.75, 3.05) is 6.61 Å². The number of ether oxygens (including phenoxy) is 1. The highest BCUT2D eigenvalue weighted by Gasteiger charge is 2.22. The number of nitrogens with zero attached hydrogens (tertiary/aromatic N) is 2. The monoisotopic (exact) mass is 386 g/mol. The maximum absolute atomic E-state index is 11.0. The largest absolute Gasteiger partial charge is 0.505 e. The van der Waals surface area contributed by atoms with Crippen molar-refractivity contribution in [1.82, 2.24) is 9.97 Å². The maximum atomic E-state index is 11.0. The molecule has 0 spiro atoms. The van der Waals surface area contributed by atoms with Crippen LogP contribution in [-0.4, -0.2) is 26.8 Å². The Kier molecular flexibility index (Phi) is 5.29. The first-order valence-electron chi connectivity index (χ1n) is 9.58. The van der Waals surface area contributed by atoms with Gasteiger partial charge in [-0.1, -0.05) is 30.3 Å². The number of hydrogen-bond acceptors (Lipinski definition) is 5. The average molecular weight is 386 g/mol. The second-order valence-corrected chi connectivity index (χ2v) is 6.86. The number of pyridine rings is 2. The molecule has 0 aliphatic heterocycles. The summed E-state index contributed by atoms with van der Waals surface area (Å²) in [5.74, 6) is 0.535. The van der Waals surface area contributed by atoms with Gasteiger partial charge in [0.1, 0.15) is 11.3 Å². The van der Waals surface area contributed by atoms with Gasteiger partial charge in [0.05, 0.1) is 6.61 Å². The molecule has 2 N–H and O–H groups in total. The van der Waals surface area contributed by atoms with Crippen LogP contribution in [0.2, 0.25) is 0 Å². The lowest BCUT2D eigenvalue weighted by Crippen LogP contribution is -2.07. The smallest absolute Gasteiger partial charge is 0.161 e. The molecule has 0 saturated heterocycles. The zero-order chi connectivity index (χ0) is 20.2. The summed E-state index contributed by atoms with van der Waals surface area (Å²) in [5.41, 5.74) is 3.32. The van der Waals surface area contributed by atoms with Gasteiger partial charge in [-0.3, -0.25) is 9.97 Å². The van der Waals surface area contributed by atoms with Crippen LogP contribution < -0.4 is 4.74 Å². The summed E-state index contributed by atoms with van der Waals surface area (Å²) in [6, 6.07) is 16.9. The predicted molar refractivity (Wildman–Crippen MR) is 112 cm³/mol. The molecule has 0 fully saturated rings. The van der Waals surface area contributed by atoms with Crippen LogP contribution in [0.5, 0.6) is 17.2 Å². The lowest BCUT2D eigenvalue weighted by molar-refractivity contribution is 0.317. The maximum Gasteiger partial charge on any atom is 0.161 e. The molecule has 0 aliphatic carbocycles. The minimum Gasteiger partial charge on any atom is -0.505 e. The van der Waals surface area contributed by atoms with Gasteiger partial charge in [0.15, 0.2) is 11.5 Å². The Morgan fingerprint density at radius 1 is 1.00 bits per heavy atom. The van der Waals surface area contributed by atoms with Crippen molar-refractivity contribution < 1.29 is 14.9 Å². The Labute approximate surface area is 169 Å². The number of fused-ring (bicyclic) bond motifs is 1. The van der Waals surface area contributed by atoms with Gasteiger partial charge in [0.25, 0.3) is 0 Å². The Morgan fingerprint density at radius 2 is 1.86 bits per heavy atom. The topological polar surface area (TPSA) is 75.5 Å².